The third kappa shape index (κ3) is 2.83. The first-order valence-electron chi connectivity index (χ1n) is 4.94. The Bertz CT molecular complexity index is 609. The molecule has 0 saturated carbocycles. The Balaban J connectivity index is 2.41. The van der Waals surface area contributed by atoms with Crippen LogP contribution in [0.3, 0.4) is 0 Å². The summed E-state index contributed by atoms with van der Waals surface area (Å²) in [6, 6.07) is 15.1. The molecule has 0 radical (unpaired) electrons. The van der Waals surface area contributed by atoms with Gasteiger partial charge in [-0.15, -0.1) is 0 Å². The van der Waals surface area contributed by atoms with Gasteiger partial charge in [0.15, 0.2) is 0 Å². The van der Waals surface area contributed by atoms with Crippen LogP contribution in [0.4, 0.5) is 11.4 Å². The van der Waals surface area contributed by atoms with E-state index < -0.39 is 10.1 Å². The van der Waals surface area contributed by atoms with E-state index in [-0.39, 0.29) is 10.6 Å². The SMILES string of the molecule is O=S(=O)([O-])c1ccccc1Nc1ccccc1. The summed E-state index contributed by atoms with van der Waals surface area (Å²) >= 11 is 0. The molecule has 5 heteroatoms. The molecule has 4 nitrogen and oxygen atoms in total. The van der Waals surface area contributed by atoms with Crippen LogP contribution >= 0.6 is 0 Å². The van der Waals surface area contributed by atoms with Crippen molar-refractivity contribution in [1.82, 2.24) is 0 Å². The van der Waals surface area contributed by atoms with Gasteiger partial charge in [-0.2, -0.15) is 0 Å². The van der Waals surface area contributed by atoms with E-state index in [1.165, 1.54) is 12.1 Å². The molecule has 2 aromatic carbocycles. The van der Waals surface area contributed by atoms with Crippen LogP contribution in [0, 0.1) is 0 Å². The van der Waals surface area contributed by atoms with Gasteiger partial charge in [0.05, 0.1) is 10.6 Å². The highest BCUT2D eigenvalue weighted by Crippen LogP contribution is 2.24. The largest absolute Gasteiger partial charge is 0.744 e. The average Bonchev–Trinajstić information content (AvgIpc) is 2.30. The summed E-state index contributed by atoms with van der Waals surface area (Å²) in [5.74, 6) is 0. The van der Waals surface area contributed by atoms with Gasteiger partial charge in [0, 0.05) is 5.69 Å². The molecule has 0 aliphatic heterocycles. The minimum absolute atomic E-state index is 0.246. The van der Waals surface area contributed by atoms with Crippen LogP contribution in [0.15, 0.2) is 59.5 Å². The predicted molar refractivity (Wildman–Crippen MR) is 64.1 cm³/mol. The summed E-state index contributed by atoms with van der Waals surface area (Å²) in [7, 11) is -4.47. The maximum absolute atomic E-state index is 11.0. The average molecular weight is 248 g/mol. The second-order valence-corrected chi connectivity index (χ2v) is 4.79. The van der Waals surface area contributed by atoms with Crippen molar-refractivity contribution in [2.75, 3.05) is 5.32 Å². The lowest BCUT2D eigenvalue weighted by atomic mass is 10.3. The molecular formula is C12H10NO3S-. The molecule has 0 bridgehead atoms. The van der Waals surface area contributed by atoms with Crippen molar-refractivity contribution in [3.05, 3.63) is 54.6 Å². The Labute approximate surface area is 99.7 Å². The molecule has 17 heavy (non-hydrogen) atoms. The summed E-state index contributed by atoms with van der Waals surface area (Å²) in [5, 5.41) is 2.90. The first-order valence-corrected chi connectivity index (χ1v) is 6.35. The second kappa shape index (κ2) is 4.57. The number of hydrogen-bond donors (Lipinski definition) is 1. The number of anilines is 2. The molecule has 1 N–H and O–H groups in total. The normalized spacial score (nSPS) is 11.1. The van der Waals surface area contributed by atoms with E-state index >= 15 is 0 Å². The molecule has 0 heterocycles. The summed E-state index contributed by atoms with van der Waals surface area (Å²) in [6.07, 6.45) is 0. The van der Waals surface area contributed by atoms with Gasteiger partial charge in [-0.25, -0.2) is 8.42 Å². The van der Waals surface area contributed by atoms with Gasteiger partial charge in [-0.3, -0.25) is 0 Å². The highest BCUT2D eigenvalue weighted by atomic mass is 32.2. The Morgan fingerprint density at radius 3 is 2.12 bits per heavy atom. The van der Waals surface area contributed by atoms with Crippen molar-refractivity contribution in [3.8, 4) is 0 Å². The molecule has 0 saturated heterocycles. The smallest absolute Gasteiger partial charge is 0.126 e. The number of hydrogen-bond acceptors (Lipinski definition) is 4. The molecule has 2 rings (SSSR count). The van der Waals surface area contributed by atoms with Gasteiger partial charge in [0.1, 0.15) is 10.1 Å². The lowest BCUT2D eigenvalue weighted by Crippen LogP contribution is -2.03. The van der Waals surface area contributed by atoms with Gasteiger partial charge >= 0.3 is 0 Å². The molecule has 0 amide bonds. The first-order chi connectivity index (χ1) is 8.07. The number of nitrogens with one attached hydrogen (secondary N) is 1. The number of benzene rings is 2. The zero-order chi connectivity index (χ0) is 12.3. The standard InChI is InChI=1S/C12H11NO3S/c14-17(15,16)12-9-5-4-8-11(12)13-10-6-2-1-3-7-10/h1-9,13H,(H,14,15,16)/p-1. The third-order valence-corrected chi connectivity index (χ3v) is 3.10. The van der Waals surface area contributed by atoms with Gasteiger partial charge in [0.25, 0.3) is 0 Å². The summed E-state index contributed by atoms with van der Waals surface area (Å²) < 4.78 is 33.1. The highest BCUT2D eigenvalue weighted by Gasteiger charge is 2.07. The van der Waals surface area contributed by atoms with Crippen LogP contribution < -0.4 is 5.32 Å². The Kier molecular flexibility index (Phi) is 3.12. The van der Waals surface area contributed by atoms with E-state index in [1.807, 2.05) is 18.2 Å². The van der Waals surface area contributed by atoms with Crippen LogP contribution in [0.1, 0.15) is 0 Å². The van der Waals surface area contributed by atoms with E-state index in [0.29, 0.717) is 0 Å². The third-order valence-electron chi connectivity index (χ3n) is 2.21. The van der Waals surface area contributed by atoms with E-state index in [4.69, 9.17) is 0 Å². The molecule has 88 valence electrons. The Morgan fingerprint density at radius 1 is 0.882 bits per heavy atom. The van der Waals surface area contributed by atoms with Gasteiger partial charge < -0.3 is 9.87 Å². The fraction of sp³-hybridized carbons (Fsp3) is 0. The van der Waals surface area contributed by atoms with E-state index in [0.717, 1.165) is 5.69 Å². The van der Waals surface area contributed by atoms with Crippen molar-refractivity contribution in [2.45, 2.75) is 4.90 Å². The minimum atomic E-state index is -4.47. The Hall–Kier alpha value is -1.85. The summed E-state index contributed by atoms with van der Waals surface area (Å²) in [6.45, 7) is 0. The van der Waals surface area contributed by atoms with Crippen molar-refractivity contribution in [2.24, 2.45) is 0 Å². The lowest BCUT2D eigenvalue weighted by molar-refractivity contribution is 0.463. The van der Waals surface area contributed by atoms with Crippen LogP contribution in [0.2, 0.25) is 0 Å². The van der Waals surface area contributed by atoms with Crippen LogP contribution in [-0.2, 0) is 10.1 Å². The molecule has 0 spiro atoms. The quantitative estimate of drug-likeness (QED) is 0.846. The number of para-hydroxylation sites is 2. The number of rotatable bonds is 3. The molecular weight excluding hydrogens is 238 g/mol. The van der Waals surface area contributed by atoms with E-state index in [9.17, 15) is 13.0 Å². The maximum Gasteiger partial charge on any atom is 0.126 e. The van der Waals surface area contributed by atoms with Gasteiger partial charge in [-0.05, 0) is 24.3 Å². The van der Waals surface area contributed by atoms with Crippen molar-refractivity contribution in [1.29, 1.82) is 0 Å². The molecule has 0 fully saturated rings. The zero-order valence-electron chi connectivity index (χ0n) is 8.83. The summed E-state index contributed by atoms with van der Waals surface area (Å²) in [4.78, 5) is -0.246. The van der Waals surface area contributed by atoms with Crippen molar-refractivity contribution < 1.29 is 13.0 Å². The molecule has 0 aliphatic rings. The molecule has 0 aromatic heterocycles. The monoisotopic (exact) mass is 248 g/mol. The van der Waals surface area contributed by atoms with Crippen LogP contribution in [0.25, 0.3) is 0 Å². The molecule has 0 aliphatic carbocycles. The second-order valence-electron chi connectivity index (χ2n) is 3.44. The maximum atomic E-state index is 11.0. The molecule has 0 unspecified atom stereocenters. The van der Waals surface area contributed by atoms with Gasteiger partial charge in [0.2, 0.25) is 0 Å². The van der Waals surface area contributed by atoms with Crippen LogP contribution in [-0.4, -0.2) is 13.0 Å². The summed E-state index contributed by atoms with van der Waals surface area (Å²) in [5.41, 5.74) is 1.01. The van der Waals surface area contributed by atoms with E-state index in [1.54, 1.807) is 24.3 Å². The predicted octanol–water partition coefficient (Wildman–Crippen LogP) is 2.33. The van der Waals surface area contributed by atoms with Crippen molar-refractivity contribution in [3.63, 3.8) is 0 Å². The van der Waals surface area contributed by atoms with Crippen molar-refractivity contribution >= 4 is 21.5 Å². The first kappa shape index (κ1) is 11.6. The fourth-order valence-electron chi connectivity index (χ4n) is 1.46. The van der Waals surface area contributed by atoms with E-state index in [2.05, 4.69) is 5.32 Å². The topological polar surface area (TPSA) is 69.2 Å². The molecule has 0 atom stereocenters. The fourth-order valence-corrected chi connectivity index (χ4v) is 2.10. The zero-order valence-corrected chi connectivity index (χ0v) is 9.65. The lowest BCUT2D eigenvalue weighted by Gasteiger charge is -2.14. The van der Waals surface area contributed by atoms with Gasteiger partial charge in [-0.1, -0.05) is 30.3 Å². The minimum Gasteiger partial charge on any atom is -0.744 e. The van der Waals surface area contributed by atoms with Crippen LogP contribution in [0.5, 0.6) is 0 Å². The Morgan fingerprint density at radius 2 is 1.47 bits per heavy atom. The highest BCUT2D eigenvalue weighted by molar-refractivity contribution is 7.86. The molecule has 2 aromatic rings.